The third-order valence-electron chi connectivity index (χ3n) is 4.27. The molecule has 0 unspecified atom stereocenters. The Balaban J connectivity index is 1.62. The van der Waals surface area contributed by atoms with Crippen LogP contribution in [0.1, 0.15) is 6.92 Å². The zero-order valence-corrected chi connectivity index (χ0v) is 18.8. The lowest BCUT2D eigenvalue weighted by molar-refractivity contribution is -0.167. The highest BCUT2D eigenvalue weighted by atomic mass is 32.2. The molecule has 182 valence electrons. The first-order chi connectivity index (χ1) is 16.4. The van der Waals surface area contributed by atoms with Crippen molar-refractivity contribution in [3.63, 3.8) is 0 Å². The molecule has 0 fully saturated rings. The van der Waals surface area contributed by atoms with Crippen molar-refractivity contribution in [3.8, 4) is 0 Å². The van der Waals surface area contributed by atoms with Crippen molar-refractivity contribution in [1.29, 1.82) is 0 Å². The number of azo groups is 1. The predicted octanol–water partition coefficient (Wildman–Crippen LogP) is 5.36. The number of benzene rings is 3. The SMILES string of the molecule is CC(=O)Nc1ccc(N=Nc2ccc(NS(=O)(=O)c3ccc(NC(=O)C(F)(F)F)cc3)cc2)cc1. The highest BCUT2D eigenvalue weighted by molar-refractivity contribution is 7.92. The summed E-state index contributed by atoms with van der Waals surface area (Å²) in [6, 6.07) is 16.9. The van der Waals surface area contributed by atoms with Gasteiger partial charge in [0.1, 0.15) is 0 Å². The topological polar surface area (TPSA) is 129 Å². The number of hydrogen-bond acceptors (Lipinski definition) is 6. The second kappa shape index (κ2) is 10.3. The van der Waals surface area contributed by atoms with Gasteiger partial charge in [-0.15, -0.1) is 0 Å². The zero-order valence-electron chi connectivity index (χ0n) is 18.0. The van der Waals surface area contributed by atoms with Crippen molar-refractivity contribution in [1.82, 2.24) is 0 Å². The van der Waals surface area contributed by atoms with Crippen LogP contribution in [0.15, 0.2) is 87.9 Å². The van der Waals surface area contributed by atoms with Crippen LogP contribution in [0.5, 0.6) is 0 Å². The molecular formula is C22H18F3N5O4S. The maximum Gasteiger partial charge on any atom is 0.471 e. The average molecular weight is 505 g/mol. The smallest absolute Gasteiger partial charge is 0.326 e. The molecule has 0 aliphatic heterocycles. The Morgan fingerprint density at radius 1 is 0.714 bits per heavy atom. The van der Waals surface area contributed by atoms with Crippen LogP contribution < -0.4 is 15.4 Å². The van der Waals surface area contributed by atoms with E-state index >= 15 is 0 Å². The molecule has 0 aromatic heterocycles. The fourth-order valence-corrected chi connectivity index (χ4v) is 3.72. The zero-order chi connectivity index (χ0) is 25.6. The molecule has 13 heteroatoms. The van der Waals surface area contributed by atoms with Gasteiger partial charge in [0.05, 0.1) is 16.3 Å². The standard InChI is InChI=1S/C22H18F3N5O4S/c1-14(31)26-15-2-4-17(5-3-15)28-29-18-6-8-19(9-7-18)30-35(33,34)20-12-10-16(11-13-20)27-21(32)22(23,24)25/h2-13,30H,1H3,(H,26,31)(H,27,32). The Morgan fingerprint density at radius 3 is 1.60 bits per heavy atom. The quantitative estimate of drug-likeness (QED) is 0.373. The molecule has 3 aromatic rings. The first kappa shape index (κ1) is 25.4. The molecule has 9 nitrogen and oxygen atoms in total. The van der Waals surface area contributed by atoms with Crippen LogP contribution in [0.25, 0.3) is 0 Å². The summed E-state index contributed by atoms with van der Waals surface area (Å²) in [6.45, 7) is 1.40. The van der Waals surface area contributed by atoms with Gasteiger partial charge in [-0.1, -0.05) is 0 Å². The van der Waals surface area contributed by atoms with E-state index in [4.69, 9.17) is 0 Å². The number of alkyl halides is 3. The van der Waals surface area contributed by atoms with Gasteiger partial charge >= 0.3 is 12.1 Å². The molecule has 0 aliphatic rings. The van der Waals surface area contributed by atoms with E-state index in [1.54, 1.807) is 29.6 Å². The molecule has 0 saturated heterocycles. The van der Waals surface area contributed by atoms with Gasteiger partial charge in [-0.25, -0.2) is 8.42 Å². The predicted molar refractivity (Wildman–Crippen MR) is 123 cm³/mol. The summed E-state index contributed by atoms with van der Waals surface area (Å²) < 4.78 is 64.4. The van der Waals surface area contributed by atoms with E-state index in [9.17, 15) is 31.2 Å². The van der Waals surface area contributed by atoms with Gasteiger partial charge in [0, 0.05) is 24.0 Å². The Morgan fingerprint density at radius 2 is 1.14 bits per heavy atom. The Kier molecular flexibility index (Phi) is 7.49. The number of nitrogens with zero attached hydrogens (tertiary/aromatic N) is 2. The van der Waals surface area contributed by atoms with Crippen molar-refractivity contribution in [2.75, 3.05) is 15.4 Å². The second-order valence-corrected chi connectivity index (χ2v) is 8.74. The third kappa shape index (κ3) is 7.37. The van der Waals surface area contributed by atoms with Crippen LogP contribution in [-0.2, 0) is 19.6 Å². The van der Waals surface area contributed by atoms with Gasteiger partial charge in [0.15, 0.2) is 0 Å². The summed E-state index contributed by atoms with van der Waals surface area (Å²) in [6.07, 6.45) is -5.06. The lowest BCUT2D eigenvalue weighted by Crippen LogP contribution is -2.29. The van der Waals surface area contributed by atoms with Crippen LogP contribution in [0.2, 0.25) is 0 Å². The summed E-state index contributed by atoms with van der Waals surface area (Å²) in [4.78, 5) is 21.8. The molecule has 0 saturated carbocycles. The summed E-state index contributed by atoms with van der Waals surface area (Å²) in [5, 5.41) is 12.4. The van der Waals surface area contributed by atoms with E-state index in [0.29, 0.717) is 17.1 Å². The molecule has 0 atom stereocenters. The van der Waals surface area contributed by atoms with Crippen molar-refractivity contribution in [3.05, 3.63) is 72.8 Å². The lowest BCUT2D eigenvalue weighted by Gasteiger charge is -2.10. The van der Waals surface area contributed by atoms with Crippen molar-refractivity contribution in [2.24, 2.45) is 10.2 Å². The molecule has 0 aliphatic carbocycles. The molecule has 35 heavy (non-hydrogen) atoms. The second-order valence-electron chi connectivity index (χ2n) is 7.06. The van der Waals surface area contributed by atoms with E-state index in [1.807, 2.05) is 0 Å². The minimum absolute atomic E-state index is 0.193. The number of halogens is 3. The van der Waals surface area contributed by atoms with Gasteiger partial charge < -0.3 is 10.6 Å². The van der Waals surface area contributed by atoms with Gasteiger partial charge in [-0.3, -0.25) is 14.3 Å². The maximum absolute atomic E-state index is 12.5. The number of carbonyl (C=O) groups excluding carboxylic acids is 2. The summed E-state index contributed by atoms with van der Waals surface area (Å²) in [7, 11) is -4.04. The summed E-state index contributed by atoms with van der Waals surface area (Å²) >= 11 is 0. The summed E-state index contributed by atoms with van der Waals surface area (Å²) in [5.41, 5.74) is 1.62. The molecule has 0 radical (unpaired) electrons. The average Bonchev–Trinajstić information content (AvgIpc) is 2.79. The van der Waals surface area contributed by atoms with Gasteiger partial charge in [0.2, 0.25) is 5.91 Å². The van der Waals surface area contributed by atoms with Gasteiger partial charge in [-0.05, 0) is 72.8 Å². The van der Waals surface area contributed by atoms with Crippen LogP contribution in [0.4, 0.5) is 41.6 Å². The Labute approximate surface area is 198 Å². The van der Waals surface area contributed by atoms with Crippen molar-refractivity contribution in [2.45, 2.75) is 18.0 Å². The normalized spacial score (nSPS) is 11.8. The van der Waals surface area contributed by atoms with Crippen molar-refractivity contribution >= 4 is 50.3 Å². The number of amides is 2. The molecule has 2 amide bonds. The molecule has 3 rings (SSSR count). The largest absolute Gasteiger partial charge is 0.471 e. The van der Waals surface area contributed by atoms with E-state index in [1.165, 1.54) is 31.2 Å². The Hall–Kier alpha value is -4.26. The van der Waals surface area contributed by atoms with Crippen LogP contribution in [0, 0.1) is 0 Å². The number of hydrogen-bond donors (Lipinski definition) is 3. The van der Waals surface area contributed by atoms with E-state index in [-0.39, 0.29) is 22.2 Å². The first-order valence-electron chi connectivity index (χ1n) is 9.83. The molecular weight excluding hydrogens is 487 g/mol. The number of sulfonamides is 1. The molecule has 3 aromatic carbocycles. The first-order valence-corrected chi connectivity index (χ1v) is 11.3. The minimum Gasteiger partial charge on any atom is -0.326 e. The Bertz CT molecular complexity index is 1340. The van der Waals surface area contributed by atoms with Crippen LogP contribution >= 0.6 is 0 Å². The van der Waals surface area contributed by atoms with E-state index < -0.39 is 22.1 Å². The minimum atomic E-state index is -5.06. The molecule has 0 bridgehead atoms. The van der Waals surface area contributed by atoms with Crippen LogP contribution in [0.3, 0.4) is 0 Å². The number of anilines is 3. The van der Waals surface area contributed by atoms with Crippen molar-refractivity contribution < 1.29 is 31.2 Å². The number of carbonyl (C=O) groups is 2. The molecule has 3 N–H and O–H groups in total. The fourth-order valence-electron chi connectivity index (χ4n) is 2.66. The number of nitrogens with one attached hydrogen (secondary N) is 3. The maximum atomic E-state index is 12.5. The monoisotopic (exact) mass is 505 g/mol. The van der Waals surface area contributed by atoms with Crippen LogP contribution in [-0.4, -0.2) is 26.4 Å². The lowest BCUT2D eigenvalue weighted by atomic mass is 10.3. The number of rotatable bonds is 7. The highest BCUT2D eigenvalue weighted by Gasteiger charge is 2.38. The van der Waals surface area contributed by atoms with E-state index in [2.05, 4.69) is 20.3 Å². The van der Waals surface area contributed by atoms with E-state index in [0.717, 1.165) is 24.3 Å². The van der Waals surface area contributed by atoms with Gasteiger partial charge in [0.25, 0.3) is 10.0 Å². The third-order valence-corrected chi connectivity index (χ3v) is 5.67. The highest BCUT2D eigenvalue weighted by Crippen LogP contribution is 2.24. The fraction of sp³-hybridized carbons (Fsp3) is 0.0909. The van der Waals surface area contributed by atoms with Gasteiger partial charge in [-0.2, -0.15) is 23.4 Å². The summed E-state index contributed by atoms with van der Waals surface area (Å²) in [5.74, 6) is -2.35. The molecule has 0 spiro atoms. The molecule has 0 heterocycles.